The zero-order chi connectivity index (χ0) is 45.9. The molecule has 0 aliphatic heterocycles. The lowest BCUT2D eigenvalue weighted by molar-refractivity contribution is -0.130. The number of halogens is 1. The second kappa shape index (κ2) is 26.1. The molecule has 2 amide bonds. The van der Waals surface area contributed by atoms with E-state index in [9.17, 15) is 50.4 Å². The summed E-state index contributed by atoms with van der Waals surface area (Å²) >= 11 is 5.81. The number of rotatable bonds is 26. The number of benzene rings is 2. The summed E-state index contributed by atoms with van der Waals surface area (Å²) in [6, 6.07) is 16.0. The number of aromatic nitrogens is 2. The maximum Gasteiger partial charge on any atom is 0.280 e. The number of nitrogens with one attached hydrogen (secondary N) is 4. The van der Waals surface area contributed by atoms with E-state index in [1.807, 2.05) is 36.4 Å². The van der Waals surface area contributed by atoms with E-state index in [4.69, 9.17) is 38.7 Å². The van der Waals surface area contributed by atoms with Gasteiger partial charge in [-0.3, -0.25) is 25.2 Å². The highest BCUT2D eigenvalue weighted by Crippen LogP contribution is 2.22. The van der Waals surface area contributed by atoms with Crippen LogP contribution in [0.4, 0.5) is 11.6 Å². The Morgan fingerprint density at radius 3 is 1.68 bits per heavy atom. The maximum absolute atomic E-state index is 12.7. The molecular formula is C40H60ClN9O12. The molecule has 0 unspecified atom stereocenters. The summed E-state index contributed by atoms with van der Waals surface area (Å²) in [5, 5.41) is 115. The van der Waals surface area contributed by atoms with E-state index in [0.29, 0.717) is 13.0 Å². The van der Waals surface area contributed by atoms with Gasteiger partial charge in [-0.15, -0.1) is 0 Å². The van der Waals surface area contributed by atoms with E-state index in [1.54, 1.807) is 0 Å². The average molecular weight is 894 g/mol. The second-order valence-electron chi connectivity index (χ2n) is 14.8. The van der Waals surface area contributed by atoms with E-state index in [2.05, 4.69) is 38.1 Å². The van der Waals surface area contributed by atoms with Crippen LogP contribution in [0.1, 0.15) is 47.3 Å². The first-order valence-electron chi connectivity index (χ1n) is 20.0. The molecule has 1 aromatic heterocycles. The molecule has 0 spiro atoms. The third-order valence-corrected chi connectivity index (χ3v) is 10.3. The highest BCUT2D eigenvalue weighted by molar-refractivity contribution is 6.31. The van der Waals surface area contributed by atoms with Crippen LogP contribution in [-0.2, 0) is 17.6 Å². The van der Waals surface area contributed by atoms with Gasteiger partial charge in [-0.05, 0) is 47.9 Å². The largest absolute Gasteiger partial charge is 0.394 e. The number of anilines is 2. The Balaban J connectivity index is 1.40. The minimum absolute atomic E-state index is 0.0108. The van der Waals surface area contributed by atoms with Crippen LogP contribution in [0.15, 0.2) is 48.5 Å². The van der Waals surface area contributed by atoms with Gasteiger partial charge >= 0.3 is 0 Å². The molecule has 0 saturated heterocycles. The highest BCUT2D eigenvalue weighted by atomic mass is 35.5. The van der Waals surface area contributed by atoms with Gasteiger partial charge in [0.25, 0.3) is 5.91 Å². The summed E-state index contributed by atoms with van der Waals surface area (Å²) < 4.78 is 0. The van der Waals surface area contributed by atoms with Crippen LogP contribution < -0.4 is 27.4 Å². The number of nitrogens with two attached hydrogens (primary N) is 2. The summed E-state index contributed by atoms with van der Waals surface area (Å²) in [4.78, 5) is 33.9. The number of hydrogen-bond acceptors (Lipinski definition) is 18. The minimum Gasteiger partial charge on any atom is -0.394 e. The molecule has 0 saturated carbocycles. The quantitative estimate of drug-likeness (QED) is 0.0215. The smallest absolute Gasteiger partial charge is 0.280 e. The van der Waals surface area contributed by atoms with Gasteiger partial charge in [0.2, 0.25) is 5.91 Å². The molecule has 21 nitrogen and oxygen atoms in total. The van der Waals surface area contributed by atoms with Crippen molar-refractivity contribution >= 4 is 41.0 Å². The summed E-state index contributed by atoms with van der Waals surface area (Å²) in [5.74, 6) is -1.54. The Bertz CT molecular complexity index is 1820. The fourth-order valence-electron chi connectivity index (χ4n) is 6.23. The van der Waals surface area contributed by atoms with Gasteiger partial charge in [-0.2, -0.15) is 0 Å². The third kappa shape index (κ3) is 16.6. The summed E-state index contributed by atoms with van der Waals surface area (Å²) in [7, 11) is 0. The Morgan fingerprint density at radius 2 is 1.16 bits per heavy atom. The standard InChI is InChI=1S/C40H60ClN9O12/c41-36-38(43)48-37(42)31(47-36)39(62)49-40(44)46-15-3-1-2-4-22-5-10-24(11-6-22)25-12-7-23(8-13-25)9-14-30(57)45-16-17-50(18-26(53)32(58)34(60)28(55)20-51)19-27(54)33(59)35(61)29(56)21-52/h5-8,10-13,26-29,32-35,51-56,58-61H,1-4,9,14-21H2,(H,45,57)(H4,42,43,48)(H3,44,46,49,62)/t26-,27-,28+,29+,32+,33+,34+,35+/m0/s1. The zero-order valence-corrected chi connectivity index (χ0v) is 34.8. The van der Waals surface area contributed by atoms with E-state index in [-0.39, 0.29) is 53.9 Å². The van der Waals surface area contributed by atoms with Crippen molar-refractivity contribution in [1.29, 1.82) is 5.41 Å². The molecule has 2 aromatic carbocycles. The van der Waals surface area contributed by atoms with Crippen LogP contribution in [0.25, 0.3) is 11.1 Å². The molecule has 8 atom stereocenters. The van der Waals surface area contributed by atoms with Crippen molar-refractivity contribution < 1.29 is 60.7 Å². The lowest BCUT2D eigenvalue weighted by Gasteiger charge is -2.33. The number of carbonyl (C=O) groups excluding carboxylic acids is 2. The van der Waals surface area contributed by atoms with Crippen LogP contribution in [-0.4, -0.2) is 178 Å². The maximum atomic E-state index is 12.7. The Labute approximate surface area is 363 Å². The normalized spacial score (nSPS) is 15.5. The molecule has 18 N–H and O–H groups in total. The number of aliphatic hydroxyl groups excluding tert-OH is 10. The predicted molar refractivity (Wildman–Crippen MR) is 228 cm³/mol. The Morgan fingerprint density at radius 1 is 0.661 bits per heavy atom. The van der Waals surface area contributed by atoms with Gasteiger partial charge in [-0.1, -0.05) is 66.6 Å². The van der Waals surface area contributed by atoms with Crippen LogP contribution in [0.2, 0.25) is 5.15 Å². The summed E-state index contributed by atoms with van der Waals surface area (Å²) in [6.45, 7) is -2.26. The molecule has 3 aromatic rings. The van der Waals surface area contributed by atoms with E-state index in [0.717, 1.165) is 42.4 Å². The number of nitrogen functional groups attached to an aromatic ring is 2. The first-order chi connectivity index (χ1) is 29.4. The number of carbonyl (C=O) groups is 2. The number of aliphatic hydroxyl groups is 10. The molecule has 0 bridgehead atoms. The van der Waals surface area contributed by atoms with Crippen molar-refractivity contribution in [1.82, 2.24) is 30.8 Å². The van der Waals surface area contributed by atoms with Gasteiger partial charge in [0.15, 0.2) is 28.4 Å². The monoisotopic (exact) mass is 893 g/mol. The number of hydrogen-bond donors (Lipinski definition) is 16. The molecule has 0 aliphatic rings. The van der Waals surface area contributed by atoms with Crippen molar-refractivity contribution in [3.05, 3.63) is 70.5 Å². The van der Waals surface area contributed by atoms with Gasteiger partial charge in [0, 0.05) is 39.1 Å². The number of guanidine groups is 1. The van der Waals surface area contributed by atoms with Crippen LogP contribution >= 0.6 is 11.6 Å². The number of amides is 2. The second-order valence-corrected chi connectivity index (χ2v) is 15.2. The summed E-state index contributed by atoms with van der Waals surface area (Å²) in [6.07, 6.45) is -10.6. The van der Waals surface area contributed by atoms with Gasteiger partial charge in [-0.25, -0.2) is 9.97 Å². The fraction of sp³-hybridized carbons (Fsp3) is 0.525. The molecule has 0 aliphatic carbocycles. The van der Waals surface area contributed by atoms with E-state index < -0.39 is 81.0 Å². The van der Waals surface area contributed by atoms with Crippen LogP contribution in [0, 0.1) is 5.41 Å². The molecule has 344 valence electrons. The van der Waals surface area contributed by atoms with Gasteiger partial charge < -0.3 is 73.2 Å². The minimum atomic E-state index is -1.92. The van der Waals surface area contributed by atoms with E-state index in [1.165, 1.54) is 10.5 Å². The topological polar surface area (TPSA) is 377 Å². The van der Waals surface area contributed by atoms with Crippen molar-refractivity contribution in [3.8, 4) is 11.1 Å². The first-order valence-corrected chi connectivity index (χ1v) is 20.4. The third-order valence-electron chi connectivity index (χ3n) is 9.98. The Hall–Kier alpha value is -4.62. The SMILES string of the molecule is N=C(NCCCCCc1ccc(-c2ccc(CCC(=O)NCCN(C[C@H](O)[C@@H](O)[C@H](O)[C@H](O)CO)C[C@H](O)[C@@H](O)[C@H](O)[C@H](O)CO)cc2)cc1)NC(=O)c1nc(Cl)c(N)nc1N. The average Bonchev–Trinajstić information content (AvgIpc) is 3.26. The molecule has 3 rings (SSSR count). The van der Waals surface area contributed by atoms with E-state index >= 15 is 0 Å². The predicted octanol–water partition coefficient (Wildman–Crippen LogP) is -3.15. The first kappa shape index (κ1) is 51.7. The molecule has 22 heteroatoms. The lowest BCUT2D eigenvalue weighted by atomic mass is 9.99. The van der Waals surface area contributed by atoms with Crippen molar-refractivity contribution in [3.63, 3.8) is 0 Å². The van der Waals surface area contributed by atoms with Crippen molar-refractivity contribution in [2.45, 2.75) is 87.4 Å². The van der Waals surface area contributed by atoms with Gasteiger partial charge in [0.05, 0.1) is 25.4 Å². The number of aryl methyl sites for hydroxylation is 2. The fourth-order valence-corrected chi connectivity index (χ4v) is 6.35. The summed E-state index contributed by atoms with van der Waals surface area (Å²) in [5.41, 5.74) is 15.1. The zero-order valence-electron chi connectivity index (χ0n) is 34.1. The van der Waals surface area contributed by atoms with Crippen LogP contribution in [0.3, 0.4) is 0 Å². The number of unbranched alkanes of at least 4 members (excludes halogenated alkanes) is 2. The molecule has 0 fully saturated rings. The van der Waals surface area contributed by atoms with Crippen molar-refractivity contribution in [2.75, 3.05) is 57.4 Å². The lowest BCUT2D eigenvalue weighted by Crippen LogP contribution is -2.54. The Kier molecular flexibility index (Phi) is 21.8. The van der Waals surface area contributed by atoms with Crippen LogP contribution in [0.5, 0.6) is 0 Å². The molecule has 62 heavy (non-hydrogen) atoms. The molecule has 0 radical (unpaired) electrons. The number of nitrogens with zero attached hydrogens (tertiary/aromatic N) is 3. The highest BCUT2D eigenvalue weighted by Gasteiger charge is 2.34. The molecule has 1 heterocycles. The van der Waals surface area contributed by atoms with Crippen molar-refractivity contribution in [2.24, 2.45) is 0 Å². The molecular weight excluding hydrogens is 834 g/mol. The van der Waals surface area contributed by atoms with Gasteiger partial charge in [0.1, 0.15) is 36.6 Å².